The second-order valence-corrected chi connectivity index (χ2v) is 6.23. The number of benzene rings is 2. The van der Waals surface area contributed by atoms with Crippen LogP contribution in [0.1, 0.15) is 22.8 Å². The fourth-order valence-corrected chi connectivity index (χ4v) is 3.03. The Hall–Kier alpha value is -3.32. The van der Waals surface area contributed by atoms with Crippen LogP contribution in [0, 0.1) is 17.5 Å². The van der Waals surface area contributed by atoms with Crippen LogP contribution >= 0.6 is 0 Å². The van der Waals surface area contributed by atoms with Gasteiger partial charge < -0.3 is 14.8 Å². The number of nitrogens with zero attached hydrogens (tertiary/aromatic N) is 1. The number of H-pyrrole nitrogens is 1. The predicted molar refractivity (Wildman–Crippen MR) is 97.2 cm³/mol. The first-order valence-electron chi connectivity index (χ1n) is 8.50. The summed E-state index contributed by atoms with van der Waals surface area (Å²) in [5.74, 6) is -4.77. The first kappa shape index (κ1) is 18.1. The predicted octanol–water partition coefficient (Wildman–Crippen LogP) is 4.64. The highest BCUT2D eigenvalue weighted by atomic mass is 19.2. The van der Waals surface area contributed by atoms with E-state index in [0.29, 0.717) is 16.6 Å². The molecule has 0 spiro atoms. The molecule has 0 aliphatic heterocycles. The maximum atomic E-state index is 14.6. The van der Waals surface area contributed by atoms with E-state index in [1.807, 2.05) is 0 Å². The lowest BCUT2D eigenvalue weighted by Gasteiger charge is -2.15. The van der Waals surface area contributed by atoms with Gasteiger partial charge in [-0.05, 0) is 23.8 Å². The van der Waals surface area contributed by atoms with Gasteiger partial charge in [-0.3, -0.25) is 0 Å². The van der Waals surface area contributed by atoms with Gasteiger partial charge in [-0.1, -0.05) is 30.3 Å². The molecule has 4 rings (SSSR count). The molecule has 0 fully saturated rings. The zero-order valence-electron chi connectivity index (χ0n) is 14.5. The highest BCUT2D eigenvalue weighted by Gasteiger charge is 2.26. The lowest BCUT2D eigenvalue weighted by molar-refractivity contribution is 0.211. The summed E-state index contributed by atoms with van der Waals surface area (Å²) in [4.78, 5) is 6.91. The highest BCUT2D eigenvalue weighted by Crippen LogP contribution is 2.34. The molecular formula is C21H15F3N2O2. The molecule has 0 saturated heterocycles. The number of ether oxygens (including phenoxy) is 1. The third-order valence-corrected chi connectivity index (χ3v) is 4.44. The molecule has 1 atom stereocenters. The molecule has 2 aromatic heterocycles. The van der Waals surface area contributed by atoms with E-state index in [9.17, 15) is 18.3 Å². The molecule has 0 radical (unpaired) electrons. The van der Waals surface area contributed by atoms with Crippen LogP contribution in [0.25, 0.3) is 11.0 Å². The minimum absolute atomic E-state index is 0.121. The number of aliphatic hydroxyl groups excluding tert-OH is 1. The molecule has 0 amide bonds. The van der Waals surface area contributed by atoms with Crippen molar-refractivity contribution >= 4 is 11.0 Å². The number of aromatic nitrogens is 2. The molecule has 142 valence electrons. The molecule has 1 unspecified atom stereocenters. The van der Waals surface area contributed by atoms with Gasteiger partial charge in [0.2, 0.25) is 5.82 Å². The fourth-order valence-electron chi connectivity index (χ4n) is 3.03. The number of fused-ring (bicyclic) bond motifs is 1. The van der Waals surface area contributed by atoms with Crippen molar-refractivity contribution in [2.45, 2.75) is 12.7 Å². The number of aromatic amines is 1. The van der Waals surface area contributed by atoms with E-state index >= 15 is 0 Å². The molecule has 4 aromatic rings. The van der Waals surface area contributed by atoms with E-state index < -0.39 is 34.9 Å². The van der Waals surface area contributed by atoms with Gasteiger partial charge >= 0.3 is 0 Å². The fraction of sp³-hybridized carbons (Fsp3) is 0.0952. The summed E-state index contributed by atoms with van der Waals surface area (Å²) in [6.07, 6.45) is 1.40. The number of nitrogens with one attached hydrogen (secondary N) is 1. The van der Waals surface area contributed by atoms with Crippen LogP contribution in [0.2, 0.25) is 0 Å². The van der Waals surface area contributed by atoms with E-state index in [0.717, 1.165) is 6.07 Å². The standard InChI is InChI=1S/C21H15F3N2O2/c22-16-9-14(19(27)15-10-26-21-13(15)7-4-8-25-21)17(23)18(24)20(16)28-11-12-5-2-1-3-6-12/h1-10,19,27H,11H2,(H,25,26). The Bertz CT molecular complexity index is 1130. The van der Waals surface area contributed by atoms with Crippen molar-refractivity contribution in [1.82, 2.24) is 9.97 Å². The summed E-state index contributed by atoms with van der Waals surface area (Å²) >= 11 is 0. The number of halogens is 3. The zero-order valence-corrected chi connectivity index (χ0v) is 14.5. The number of hydrogen-bond donors (Lipinski definition) is 2. The minimum Gasteiger partial charge on any atom is -0.483 e. The number of hydrogen-bond acceptors (Lipinski definition) is 3. The van der Waals surface area contributed by atoms with E-state index in [1.165, 1.54) is 6.20 Å². The van der Waals surface area contributed by atoms with Crippen LogP contribution in [0.5, 0.6) is 5.75 Å². The lowest BCUT2D eigenvalue weighted by Crippen LogP contribution is -2.08. The molecule has 28 heavy (non-hydrogen) atoms. The van der Waals surface area contributed by atoms with Gasteiger partial charge in [0.25, 0.3) is 0 Å². The maximum Gasteiger partial charge on any atom is 0.204 e. The van der Waals surface area contributed by atoms with E-state index in [2.05, 4.69) is 9.97 Å². The third-order valence-electron chi connectivity index (χ3n) is 4.44. The molecule has 2 aromatic carbocycles. The second kappa shape index (κ2) is 7.36. The average Bonchev–Trinajstić information content (AvgIpc) is 3.15. The van der Waals surface area contributed by atoms with Crippen LogP contribution in [0.15, 0.2) is 60.9 Å². The van der Waals surface area contributed by atoms with Gasteiger partial charge in [0.1, 0.15) is 18.4 Å². The van der Waals surface area contributed by atoms with Crippen LogP contribution in [0.4, 0.5) is 13.2 Å². The summed E-state index contributed by atoms with van der Waals surface area (Å²) < 4.78 is 48.7. The molecule has 2 N–H and O–H groups in total. The first-order chi connectivity index (χ1) is 13.6. The monoisotopic (exact) mass is 384 g/mol. The van der Waals surface area contributed by atoms with Crippen molar-refractivity contribution in [2.75, 3.05) is 0 Å². The largest absolute Gasteiger partial charge is 0.483 e. The first-order valence-corrected chi connectivity index (χ1v) is 8.50. The van der Waals surface area contributed by atoms with E-state index in [4.69, 9.17) is 4.74 Å². The average molecular weight is 384 g/mol. The summed E-state index contributed by atoms with van der Waals surface area (Å²) in [5.41, 5.74) is 0.892. The quantitative estimate of drug-likeness (QED) is 0.493. The molecule has 4 nitrogen and oxygen atoms in total. The summed E-state index contributed by atoms with van der Waals surface area (Å²) in [6, 6.07) is 12.8. The van der Waals surface area contributed by atoms with E-state index in [-0.39, 0.29) is 12.2 Å². The topological polar surface area (TPSA) is 58.1 Å². The molecule has 7 heteroatoms. The Morgan fingerprint density at radius 1 is 1.00 bits per heavy atom. The van der Waals surface area contributed by atoms with Gasteiger partial charge in [-0.2, -0.15) is 4.39 Å². The molecular weight excluding hydrogens is 369 g/mol. The molecule has 2 heterocycles. The number of pyridine rings is 1. The summed E-state index contributed by atoms with van der Waals surface area (Å²) in [5, 5.41) is 11.1. The second-order valence-electron chi connectivity index (χ2n) is 6.23. The lowest BCUT2D eigenvalue weighted by atomic mass is 10.0. The Kier molecular flexibility index (Phi) is 4.75. The van der Waals surface area contributed by atoms with Gasteiger partial charge in [-0.25, -0.2) is 13.8 Å². The van der Waals surface area contributed by atoms with Gasteiger partial charge in [0, 0.05) is 28.9 Å². The van der Waals surface area contributed by atoms with Crippen LogP contribution in [-0.4, -0.2) is 15.1 Å². The Morgan fingerprint density at radius 3 is 2.57 bits per heavy atom. The van der Waals surface area contributed by atoms with Crippen molar-refractivity contribution in [3.63, 3.8) is 0 Å². The normalized spacial score (nSPS) is 12.3. The Labute approximate surface area is 158 Å². The van der Waals surface area contributed by atoms with Crippen LogP contribution in [-0.2, 0) is 6.61 Å². The Morgan fingerprint density at radius 2 is 1.79 bits per heavy atom. The zero-order chi connectivity index (χ0) is 19.7. The molecule has 0 aliphatic carbocycles. The van der Waals surface area contributed by atoms with Crippen molar-refractivity contribution in [2.24, 2.45) is 0 Å². The molecule has 0 aliphatic rings. The van der Waals surface area contributed by atoms with Crippen LogP contribution < -0.4 is 4.74 Å². The van der Waals surface area contributed by atoms with Crippen molar-refractivity contribution in [3.05, 3.63) is 95.1 Å². The van der Waals surface area contributed by atoms with Crippen molar-refractivity contribution < 1.29 is 23.0 Å². The number of aliphatic hydroxyl groups is 1. The van der Waals surface area contributed by atoms with E-state index in [1.54, 1.807) is 48.7 Å². The van der Waals surface area contributed by atoms with Gasteiger partial charge in [0.15, 0.2) is 17.4 Å². The third kappa shape index (κ3) is 3.20. The number of rotatable bonds is 5. The minimum atomic E-state index is -1.58. The summed E-state index contributed by atoms with van der Waals surface area (Å²) in [6.45, 7) is -0.121. The summed E-state index contributed by atoms with van der Waals surface area (Å²) in [7, 11) is 0. The molecule has 0 bridgehead atoms. The van der Waals surface area contributed by atoms with Crippen LogP contribution in [0.3, 0.4) is 0 Å². The Balaban J connectivity index is 1.67. The van der Waals surface area contributed by atoms with Crippen molar-refractivity contribution in [3.8, 4) is 5.75 Å². The smallest absolute Gasteiger partial charge is 0.204 e. The highest BCUT2D eigenvalue weighted by molar-refractivity contribution is 5.80. The van der Waals surface area contributed by atoms with Gasteiger partial charge in [0.05, 0.1) is 0 Å². The van der Waals surface area contributed by atoms with Gasteiger partial charge in [-0.15, -0.1) is 0 Å². The maximum absolute atomic E-state index is 14.6. The molecule has 0 saturated carbocycles. The SMILES string of the molecule is OC(c1cc(F)c(OCc2ccccc2)c(F)c1F)c1c[nH]c2ncccc12. The van der Waals surface area contributed by atoms with Crippen molar-refractivity contribution in [1.29, 1.82) is 0 Å².